The van der Waals surface area contributed by atoms with E-state index in [1.165, 1.54) is 5.39 Å². The number of aromatic amines is 1. The number of nitrogens with zero attached hydrogens (tertiary/aromatic N) is 3. The number of imidazole rings is 1. The van der Waals surface area contributed by atoms with Gasteiger partial charge in [0.25, 0.3) is 5.91 Å². The molecule has 0 radical (unpaired) electrons. The summed E-state index contributed by atoms with van der Waals surface area (Å²) in [7, 11) is 0. The van der Waals surface area contributed by atoms with E-state index < -0.39 is 0 Å². The van der Waals surface area contributed by atoms with Gasteiger partial charge in [0.05, 0.1) is 6.20 Å². The van der Waals surface area contributed by atoms with Crippen molar-refractivity contribution < 1.29 is 4.79 Å². The topological polar surface area (TPSA) is 52.2 Å². The van der Waals surface area contributed by atoms with Gasteiger partial charge in [-0.1, -0.05) is 42.5 Å². The summed E-state index contributed by atoms with van der Waals surface area (Å²) in [6.07, 6.45) is 1.66. The van der Waals surface area contributed by atoms with E-state index in [0.717, 1.165) is 43.0 Å². The van der Waals surface area contributed by atoms with Crippen molar-refractivity contribution in [3.63, 3.8) is 0 Å². The second kappa shape index (κ2) is 6.92. The minimum absolute atomic E-state index is 0.0346. The van der Waals surface area contributed by atoms with Crippen molar-refractivity contribution >= 4 is 16.7 Å². The van der Waals surface area contributed by atoms with E-state index in [1.807, 2.05) is 29.2 Å². The number of carbonyl (C=O) groups excluding carboxylic acids is 1. The maximum atomic E-state index is 12.8. The van der Waals surface area contributed by atoms with Crippen molar-refractivity contribution in [1.82, 2.24) is 19.8 Å². The first-order valence-corrected chi connectivity index (χ1v) is 9.20. The molecule has 2 heterocycles. The Morgan fingerprint density at radius 1 is 1.04 bits per heavy atom. The zero-order valence-corrected chi connectivity index (χ0v) is 15.3. The van der Waals surface area contributed by atoms with Gasteiger partial charge in [-0.2, -0.15) is 0 Å². The van der Waals surface area contributed by atoms with E-state index in [9.17, 15) is 4.79 Å². The summed E-state index contributed by atoms with van der Waals surface area (Å²) in [5.41, 5.74) is 1.58. The van der Waals surface area contributed by atoms with Crippen molar-refractivity contribution in [2.45, 2.75) is 19.9 Å². The second-order valence-corrected chi connectivity index (χ2v) is 7.09. The molecule has 1 N–H and O–H groups in total. The Labute approximate surface area is 153 Å². The standard InChI is InChI=1S/C21H24N4O/c1-15(2)24-10-12-25(13-11-24)21(26)19-14-22-20(23-19)18-9-5-7-16-6-3-4-8-17(16)18/h3-9,14-15H,10-13H2,1-2H3,(H,22,23). The molecule has 0 bridgehead atoms. The average molecular weight is 348 g/mol. The third kappa shape index (κ3) is 3.10. The van der Waals surface area contributed by atoms with Crippen LogP contribution in [0.4, 0.5) is 0 Å². The lowest BCUT2D eigenvalue weighted by atomic mass is 10.0. The monoisotopic (exact) mass is 348 g/mol. The molecule has 1 fully saturated rings. The smallest absolute Gasteiger partial charge is 0.272 e. The predicted octanol–water partition coefficient (Wildman–Crippen LogP) is 3.40. The Balaban J connectivity index is 1.56. The SMILES string of the molecule is CC(C)N1CCN(C(=O)c2cnc(-c3cccc4ccccc34)[nH]2)CC1. The third-order valence-corrected chi connectivity index (χ3v) is 5.18. The van der Waals surface area contributed by atoms with Gasteiger partial charge < -0.3 is 9.88 Å². The van der Waals surface area contributed by atoms with Gasteiger partial charge in [0.2, 0.25) is 0 Å². The Kier molecular flexibility index (Phi) is 4.47. The Morgan fingerprint density at radius 2 is 1.77 bits per heavy atom. The number of hydrogen-bond acceptors (Lipinski definition) is 3. The highest BCUT2D eigenvalue weighted by Crippen LogP contribution is 2.26. The van der Waals surface area contributed by atoms with Gasteiger partial charge in [0.1, 0.15) is 11.5 Å². The van der Waals surface area contributed by atoms with Crippen LogP contribution in [-0.2, 0) is 0 Å². The summed E-state index contributed by atoms with van der Waals surface area (Å²) in [4.78, 5) is 24.9. The number of benzene rings is 2. The molecule has 0 atom stereocenters. The van der Waals surface area contributed by atoms with Crippen molar-refractivity contribution in [2.24, 2.45) is 0 Å². The van der Waals surface area contributed by atoms with Gasteiger partial charge in [0.15, 0.2) is 0 Å². The first-order chi connectivity index (χ1) is 12.6. The quantitative estimate of drug-likeness (QED) is 0.789. The van der Waals surface area contributed by atoms with Crippen molar-refractivity contribution in [3.05, 3.63) is 54.4 Å². The summed E-state index contributed by atoms with van der Waals surface area (Å²) in [6, 6.07) is 14.9. The van der Waals surface area contributed by atoms with Gasteiger partial charge in [0, 0.05) is 37.8 Å². The van der Waals surface area contributed by atoms with E-state index in [2.05, 4.69) is 46.9 Å². The van der Waals surface area contributed by atoms with Gasteiger partial charge in [-0.15, -0.1) is 0 Å². The van der Waals surface area contributed by atoms with Crippen molar-refractivity contribution in [1.29, 1.82) is 0 Å². The number of fused-ring (bicyclic) bond motifs is 1. The molecule has 26 heavy (non-hydrogen) atoms. The molecule has 4 rings (SSSR count). The summed E-state index contributed by atoms with van der Waals surface area (Å²) >= 11 is 0. The highest BCUT2D eigenvalue weighted by atomic mass is 16.2. The number of H-pyrrole nitrogens is 1. The number of piperazine rings is 1. The zero-order chi connectivity index (χ0) is 18.1. The lowest BCUT2D eigenvalue weighted by Gasteiger charge is -2.36. The normalized spacial score (nSPS) is 15.7. The van der Waals surface area contributed by atoms with Crippen LogP contribution in [0.25, 0.3) is 22.2 Å². The summed E-state index contributed by atoms with van der Waals surface area (Å²) in [5, 5.41) is 2.30. The van der Waals surface area contributed by atoms with Crippen LogP contribution in [0.15, 0.2) is 48.7 Å². The largest absolute Gasteiger partial charge is 0.335 e. The lowest BCUT2D eigenvalue weighted by molar-refractivity contribution is 0.0590. The van der Waals surface area contributed by atoms with E-state index in [1.54, 1.807) is 6.20 Å². The van der Waals surface area contributed by atoms with Gasteiger partial charge in [-0.05, 0) is 24.6 Å². The number of rotatable bonds is 3. The molecule has 1 aromatic heterocycles. The molecule has 134 valence electrons. The molecular formula is C21H24N4O. The molecule has 1 saturated heterocycles. The molecule has 0 spiro atoms. The molecule has 0 unspecified atom stereocenters. The fourth-order valence-corrected chi connectivity index (χ4v) is 3.61. The van der Waals surface area contributed by atoms with Crippen LogP contribution < -0.4 is 0 Å². The molecule has 5 heteroatoms. The van der Waals surface area contributed by atoms with Gasteiger partial charge in [-0.25, -0.2) is 4.98 Å². The lowest BCUT2D eigenvalue weighted by Crippen LogP contribution is -2.50. The Hall–Kier alpha value is -2.66. The summed E-state index contributed by atoms with van der Waals surface area (Å²) in [6.45, 7) is 7.77. The molecule has 0 saturated carbocycles. The Morgan fingerprint density at radius 3 is 2.54 bits per heavy atom. The van der Waals surface area contributed by atoms with Crippen LogP contribution in [0, 0.1) is 0 Å². The van der Waals surface area contributed by atoms with Crippen molar-refractivity contribution in [3.8, 4) is 11.4 Å². The maximum absolute atomic E-state index is 12.8. The third-order valence-electron chi connectivity index (χ3n) is 5.18. The number of hydrogen-bond donors (Lipinski definition) is 1. The summed E-state index contributed by atoms with van der Waals surface area (Å²) in [5.74, 6) is 0.776. The second-order valence-electron chi connectivity index (χ2n) is 7.09. The maximum Gasteiger partial charge on any atom is 0.272 e. The van der Waals surface area contributed by atoms with Crippen LogP contribution in [0.1, 0.15) is 24.3 Å². The van der Waals surface area contributed by atoms with Crippen LogP contribution >= 0.6 is 0 Å². The van der Waals surface area contributed by atoms with Crippen LogP contribution in [0.5, 0.6) is 0 Å². The highest BCUT2D eigenvalue weighted by molar-refractivity contribution is 5.97. The fraction of sp³-hybridized carbons (Fsp3) is 0.333. The average Bonchev–Trinajstić information content (AvgIpc) is 3.17. The molecule has 1 amide bonds. The molecule has 2 aromatic carbocycles. The number of carbonyl (C=O) groups is 1. The van der Waals surface area contributed by atoms with E-state index in [0.29, 0.717) is 11.7 Å². The molecular weight excluding hydrogens is 324 g/mol. The number of nitrogens with one attached hydrogen (secondary N) is 1. The minimum atomic E-state index is 0.0346. The van der Waals surface area contributed by atoms with Crippen LogP contribution in [-0.4, -0.2) is 57.9 Å². The van der Waals surface area contributed by atoms with E-state index in [4.69, 9.17) is 0 Å². The van der Waals surface area contributed by atoms with Gasteiger partial charge >= 0.3 is 0 Å². The molecule has 5 nitrogen and oxygen atoms in total. The van der Waals surface area contributed by atoms with Crippen LogP contribution in [0.2, 0.25) is 0 Å². The first kappa shape index (κ1) is 16.8. The molecule has 0 aliphatic carbocycles. The van der Waals surface area contributed by atoms with E-state index in [-0.39, 0.29) is 5.91 Å². The number of aromatic nitrogens is 2. The fourth-order valence-electron chi connectivity index (χ4n) is 3.61. The molecule has 3 aromatic rings. The number of amides is 1. The predicted molar refractivity (Wildman–Crippen MR) is 104 cm³/mol. The molecule has 1 aliphatic rings. The Bertz CT molecular complexity index is 917. The first-order valence-electron chi connectivity index (χ1n) is 9.20. The van der Waals surface area contributed by atoms with Gasteiger partial charge in [-0.3, -0.25) is 9.69 Å². The summed E-state index contributed by atoms with van der Waals surface area (Å²) < 4.78 is 0. The molecule has 1 aliphatic heterocycles. The minimum Gasteiger partial charge on any atom is -0.335 e. The van der Waals surface area contributed by atoms with Crippen molar-refractivity contribution in [2.75, 3.05) is 26.2 Å². The zero-order valence-electron chi connectivity index (χ0n) is 15.3. The van der Waals surface area contributed by atoms with Crippen LogP contribution in [0.3, 0.4) is 0 Å². The highest BCUT2D eigenvalue weighted by Gasteiger charge is 2.24. The van der Waals surface area contributed by atoms with E-state index >= 15 is 0 Å².